The van der Waals surface area contributed by atoms with Gasteiger partial charge in [-0.3, -0.25) is 4.90 Å². The second-order valence-electron chi connectivity index (χ2n) is 6.23. The summed E-state index contributed by atoms with van der Waals surface area (Å²) in [5.74, 6) is 0.412. The summed E-state index contributed by atoms with van der Waals surface area (Å²) in [6.07, 6.45) is 0.116. The summed E-state index contributed by atoms with van der Waals surface area (Å²) in [6.45, 7) is 0.975. The van der Waals surface area contributed by atoms with E-state index >= 15 is 0 Å². The van der Waals surface area contributed by atoms with Gasteiger partial charge in [0.25, 0.3) is 0 Å². The molecule has 4 rings (SSSR count). The Morgan fingerprint density at radius 3 is 2.76 bits per heavy atom. The number of β-amino-alcohol motifs (C(OH)–C–C–N with tert-alkyl or cyclic N) is 1. The molecule has 6 nitrogen and oxygen atoms in total. The van der Waals surface area contributed by atoms with E-state index in [2.05, 4.69) is 20.4 Å². The van der Waals surface area contributed by atoms with Gasteiger partial charge in [-0.15, -0.1) is 5.10 Å². The fourth-order valence-corrected chi connectivity index (χ4v) is 3.37. The molecule has 1 aromatic heterocycles. The van der Waals surface area contributed by atoms with Crippen molar-refractivity contribution in [2.75, 3.05) is 6.54 Å². The maximum absolute atomic E-state index is 13.6. The average molecular weight is 339 g/mol. The summed E-state index contributed by atoms with van der Waals surface area (Å²) in [7, 11) is 0. The van der Waals surface area contributed by atoms with Gasteiger partial charge in [0.2, 0.25) is 0 Å². The van der Waals surface area contributed by atoms with Crippen LogP contribution in [-0.4, -0.2) is 42.9 Å². The minimum absolute atomic E-state index is 0.0633. The van der Waals surface area contributed by atoms with Crippen molar-refractivity contribution >= 4 is 0 Å². The molecule has 7 heteroatoms. The second kappa shape index (κ2) is 6.70. The number of para-hydroxylation sites is 1. The number of aliphatic hydroxyl groups is 1. The third-order valence-corrected chi connectivity index (χ3v) is 4.49. The van der Waals surface area contributed by atoms with E-state index in [1.165, 1.54) is 12.1 Å². The number of benzene rings is 2. The van der Waals surface area contributed by atoms with Crippen molar-refractivity contribution in [1.82, 2.24) is 25.1 Å². The zero-order chi connectivity index (χ0) is 17.2. The Labute approximate surface area is 144 Å². The Balaban J connectivity index is 1.61. The smallest absolute Gasteiger partial charge is 0.170 e. The molecule has 2 atom stereocenters. The summed E-state index contributed by atoms with van der Waals surface area (Å²) >= 11 is 0. The number of aliphatic hydroxyl groups excluding tert-OH is 1. The molecule has 1 aliphatic rings. The number of hydrogen-bond donors (Lipinski definition) is 1. The molecule has 1 saturated heterocycles. The minimum atomic E-state index is -0.450. The van der Waals surface area contributed by atoms with Crippen LogP contribution in [-0.2, 0) is 6.54 Å². The molecular weight excluding hydrogens is 321 g/mol. The highest BCUT2D eigenvalue weighted by Crippen LogP contribution is 2.33. The molecule has 0 unspecified atom stereocenters. The highest BCUT2D eigenvalue weighted by molar-refractivity contribution is 5.30. The zero-order valence-electron chi connectivity index (χ0n) is 13.5. The van der Waals surface area contributed by atoms with Crippen LogP contribution in [0.15, 0.2) is 54.6 Å². The van der Waals surface area contributed by atoms with Crippen molar-refractivity contribution in [3.05, 3.63) is 71.8 Å². The van der Waals surface area contributed by atoms with Gasteiger partial charge in [0.05, 0.1) is 18.3 Å². The Morgan fingerprint density at radius 1 is 1.12 bits per heavy atom. The van der Waals surface area contributed by atoms with E-state index in [1.807, 2.05) is 36.4 Å². The van der Waals surface area contributed by atoms with Gasteiger partial charge in [0.1, 0.15) is 5.82 Å². The maximum Gasteiger partial charge on any atom is 0.170 e. The number of nitrogens with zero attached hydrogens (tertiary/aromatic N) is 5. The van der Waals surface area contributed by atoms with Crippen LogP contribution < -0.4 is 0 Å². The first-order chi connectivity index (χ1) is 12.2. The molecule has 1 fully saturated rings. The van der Waals surface area contributed by atoms with Gasteiger partial charge in [0.15, 0.2) is 5.82 Å². The molecule has 0 radical (unpaired) electrons. The fourth-order valence-electron chi connectivity index (χ4n) is 3.37. The average Bonchev–Trinajstić information content (AvgIpc) is 3.22. The number of tetrazole rings is 1. The first-order valence-electron chi connectivity index (χ1n) is 8.21. The Kier molecular flexibility index (Phi) is 4.25. The normalized spacial score (nSPS) is 20.9. The molecular formula is C18H18FN5O. The third kappa shape index (κ3) is 3.29. The molecule has 0 aliphatic carbocycles. The van der Waals surface area contributed by atoms with E-state index in [4.69, 9.17) is 0 Å². The Morgan fingerprint density at radius 2 is 1.96 bits per heavy atom. The molecule has 2 aromatic carbocycles. The summed E-state index contributed by atoms with van der Waals surface area (Å²) in [5.41, 5.74) is 1.74. The van der Waals surface area contributed by atoms with Gasteiger partial charge in [-0.1, -0.05) is 30.3 Å². The fraction of sp³-hybridized carbons (Fsp3) is 0.278. The third-order valence-electron chi connectivity index (χ3n) is 4.49. The van der Waals surface area contributed by atoms with E-state index in [-0.39, 0.29) is 11.9 Å². The molecule has 0 saturated carbocycles. The minimum Gasteiger partial charge on any atom is -0.392 e. The van der Waals surface area contributed by atoms with Gasteiger partial charge in [-0.2, -0.15) is 4.68 Å². The van der Waals surface area contributed by atoms with Crippen molar-refractivity contribution in [2.45, 2.75) is 25.1 Å². The highest BCUT2D eigenvalue weighted by atomic mass is 19.1. The van der Waals surface area contributed by atoms with E-state index in [9.17, 15) is 9.50 Å². The van der Waals surface area contributed by atoms with Gasteiger partial charge in [-0.25, -0.2) is 4.39 Å². The van der Waals surface area contributed by atoms with Crippen molar-refractivity contribution in [2.24, 2.45) is 0 Å². The largest absolute Gasteiger partial charge is 0.392 e. The van der Waals surface area contributed by atoms with Crippen molar-refractivity contribution in [3.63, 3.8) is 0 Å². The molecule has 0 bridgehead atoms. The van der Waals surface area contributed by atoms with E-state index < -0.39 is 6.10 Å². The lowest BCUT2D eigenvalue weighted by Gasteiger charge is -2.23. The predicted octanol–water partition coefficient (Wildman–Crippen LogP) is 2.11. The van der Waals surface area contributed by atoms with Gasteiger partial charge >= 0.3 is 0 Å². The Bertz CT molecular complexity index is 853. The lowest BCUT2D eigenvalue weighted by Crippen LogP contribution is -2.26. The summed E-state index contributed by atoms with van der Waals surface area (Å²) in [6, 6.07) is 16.1. The second-order valence-corrected chi connectivity index (χ2v) is 6.23. The monoisotopic (exact) mass is 339 g/mol. The summed E-state index contributed by atoms with van der Waals surface area (Å²) in [4.78, 5) is 2.09. The SMILES string of the molecule is O[C@H]1C[C@@H](c2cccc(F)c2)N(Cc2nnnn2-c2ccccc2)C1. The quantitative estimate of drug-likeness (QED) is 0.788. The van der Waals surface area contributed by atoms with E-state index in [0.29, 0.717) is 25.3 Å². The predicted molar refractivity (Wildman–Crippen MR) is 89.3 cm³/mol. The molecule has 0 spiro atoms. The molecule has 0 amide bonds. The van der Waals surface area contributed by atoms with Crippen LogP contribution in [0.2, 0.25) is 0 Å². The molecule has 1 N–H and O–H groups in total. The topological polar surface area (TPSA) is 67.1 Å². The molecule has 128 valence electrons. The zero-order valence-corrected chi connectivity index (χ0v) is 13.5. The first-order valence-corrected chi connectivity index (χ1v) is 8.21. The highest BCUT2D eigenvalue weighted by Gasteiger charge is 2.33. The summed E-state index contributed by atoms with van der Waals surface area (Å²) in [5, 5.41) is 22.1. The van der Waals surface area contributed by atoms with Gasteiger partial charge < -0.3 is 5.11 Å². The number of likely N-dealkylation sites (tertiary alicyclic amines) is 1. The van der Waals surface area contributed by atoms with Crippen LogP contribution in [0.5, 0.6) is 0 Å². The van der Waals surface area contributed by atoms with Crippen molar-refractivity contribution < 1.29 is 9.50 Å². The molecule has 3 aromatic rings. The van der Waals surface area contributed by atoms with Gasteiger partial charge in [-0.05, 0) is 46.7 Å². The van der Waals surface area contributed by atoms with Crippen LogP contribution in [0.3, 0.4) is 0 Å². The summed E-state index contributed by atoms with van der Waals surface area (Å²) < 4.78 is 15.3. The first kappa shape index (κ1) is 15.9. The molecule has 25 heavy (non-hydrogen) atoms. The van der Waals surface area contributed by atoms with Crippen molar-refractivity contribution in [3.8, 4) is 5.69 Å². The van der Waals surface area contributed by atoms with Crippen LogP contribution >= 0.6 is 0 Å². The Hall–Kier alpha value is -2.64. The number of hydrogen-bond acceptors (Lipinski definition) is 5. The van der Waals surface area contributed by atoms with Crippen LogP contribution in [0.4, 0.5) is 4.39 Å². The lowest BCUT2D eigenvalue weighted by atomic mass is 10.0. The lowest BCUT2D eigenvalue weighted by molar-refractivity contribution is 0.171. The number of aromatic nitrogens is 4. The molecule has 1 aliphatic heterocycles. The number of rotatable bonds is 4. The van der Waals surface area contributed by atoms with E-state index in [1.54, 1.807) is 10.7 Å². The van der Waals surface area contributed by atoms with Crippen LogP contribution in [0.1, 0.15) is 23.9 Å². The van der Waals surface area contributed by atoms with Gasteiger partial charge in [0, 0.05) is 12.6 Å². The van der Waals surface area contributed by atoms with Crippen molar-refractivity contribution in [1.29, 1.82) is 0 Å². The molecule has 2 heterocycles. The van der Waals surface area contributed by atoms with Crippen LogP contribution in [0, 0.1) is 5.82 Å². The van der Waals surface area contributed by atoms with E-state index in [0.717, 1.165) is 11.3 Å². The maximum atomic E-state index is 13.6. The standard InChI is InChI=1S/C18H18FN5O/c19-14-6-4-5-13(9-14)17-10-16(25)11-23(17)12-18-20-21-22-24(18)15-7-2-1-3-8-15/h1-9,16-17,25H,10-12H2/t16-,17-/m0/s1. The number of halogens is 1. The van der Waals surface area contributed by atoms with Crippen LogP contribution in [0.25, 0.3) is 5.69 Å².